The van der Waals surface area contributed by atoms with E-state index in [1.165, 1.54) is 0 Å². The number of nitrogens with one attached hydrogen (secondary N) is 1. The Labute approximate surface area is 343 Å². The maximum atomic E-state index is 13.3. The summed E-state index contributed by atoms with van der Waals surface area (Å²) in [5.41, 5.74) is 3.40. The number of nitriles is 1. The van der Waals surface area contributed by atoms with Crippen LogP contribution in [0.15, 0.2) is 48.5 Å². The molecular formula is C43H49ClN10O4. The SMILES string of the molecule is C[C@H]1CC2(CCN(c3ccc(N4CCC(CN5CCN(c6ccc7c(c6)C(=O)N(C6CCC(=O)NC6=O)C7=O)CC5)CC4)nn3)CC2)CN1c1ccc(C#N)c(Cl)c1. The molecule has 5 fully saturated rings. The van der Waals surface area contributed by atoms with Crippen molar-refractivity contribution in [3.63, 3.8) is 0 Å². The fourth-order valence-corrected chi connectivity index (χ4v) is 10.4. The van der Waals surface area contributed by atoms with Gasteiger partial charge in [-0.05, 0) is 105 Å². The minimum absolute atomic E-state index is 0.100. The number of nitrogens with zero attached hydrogens (tertiary/aromatic N) is 9. The molecular weight excluding hydrogens is 756 g/mol. The van der Waals surface area contributed by atoms with E-state index in [1.54, 1.807) is 12.1 Å². The van der Waals surface area contributed by atoms with Crippen LogP contribution >= 0.6 is 11.6 Å². The number of amides is 4. The van der Waals surface area contributed by atoms with E-state index in [0.717, 1.165) is 125 Å². The molecule has 1 spiro atoms. The number of imide groups is 2. The predicted molar refractivity (Wildman–Crippen MR) is 220 cm³/mol. The molecule has 9 rings (SSSR count). The fraction of sp³-hybridized carbons (Fsp3) is 0.512. The lowest BCUT2D eigenvalue weighted by atomic mass is 9.77. The Kier molecular flexibility index (Phi) is 10.2. The van der Waals surface area contributed by atoms with Crippen molar-refractivity contribution in [1.82, 2.24) is 25.3 Å². The van der Waals surface area contributed by atoms with Crippen LogP contribution in [0.5, 0.6) is 0 Å². The number of aromatic nitrogens is 2. The molecule has 1 N–H and O–H groups in total. The van der Waals surface area contributed by atoms with Gasteiger partial charge < -0.3 is 19.6 Å². The number of carbonyl (C=O) groups excluding carboxylic acids is 4. The van der Waals surface area contributed by atoms with Crippen LogP contribution in [-0.4, -0.2) is 121 Å². The largest absolute Gasteiger partial charge is 0.369 e. The summed E-state index contributed by atoms with van der Waals surface area (Å²) in [4.78, 5) is 63.5. The summed E-state index contributed by atoms with van der Waals surface area (Å²) in [5, 5.41) is 21.5. The highest BCUT2D eigenvalue weighted by atomic mass is 35.5. The van der Waals surface area contributed by atoms with Gasteiger partial charge in [0.2, 0.25) is 11.8 Å². The molecule has 0 radical (unpaired) electrons. The van der Waals surface area contributed by atoms with E-state index in [4.69, 9.17) is 21.8 Å². The molecule has 14 nitrogen and oxygen atoms in total. The lowest BCUT2D eigenvalue weighted by molar-refractivity contribution is -0.136. The Morgan fingerprint density at radius 3 is 2.12 bits per heavy atom. The van der Waals surface area contributed by atoms with Gasteiger partial charge in [0.15, 0.2) is 11.6 Å². The van der Waals surface area contributed by atoms with Crippen molar-refractivity contribution in [3.05, 3.63) is 70.2 Å². The van der Waals surface area contributed by atoms with Crippen molar-refractivity contribution >= 4 is 58.2 Å². The van der Waals surface area contributed by atoms with E-state index < -0.39 is 23.8 Å². The van der Waals surface area contributed by atoms with E-state index in [-0.39, 0.29) is 24.2 Å². The highest BCUT2D eigenvalue weighted by Gasteiger charge is 2.46. The van der Waals surface area contributed by atoms with Crippen LogP contribution in [0.2, 0.25) is 5.02 Å². The van der Waals surface area contributed by atoms with E-state index in [1.807, 2.05) is 24.3 Å². The number of piperidine rings is 3. The number of fused-ring (bicyclic) bond motifs is 1. The first-order valence-corrected chi connectivity index (χ1v) is 21.1. The number of anilines is 4. The monoisotopic (exact) mass is 804 g/mol. The van der Waals surface area contributed by atoms with Crippen molar-refractivity contribution in [2.75, 3.05) is 85.0 Å². The summed E-state index contributed by atoms with van der Waals surface area (Å²) >= 11 is 6.38. The van der Waals surface area contributed by atoms with Crippen LogP contribution in [0, 0.1) is 22.7 Å². The predicted octanol–water partition coefficient (Wildman–Crippen LogP) is 4.33. The fourth-order valence-electron chi connectivity index (χ4n) is 10.2. The van der Waals surface area contributed by atoms with Crippen molar-refractivity contribution < 1.29 is 19.2 Å². The zero-order valence-electron chi connectivity index (χ0n) is 32.9. The smallest absolute Gasteiger partial charge is 0.262 e. The van der Waals surface area contributed by atoms with Crippen LogP contribution in [0.3, 0.4) is 0 Å². The Bertz CT molecular complexity index is 2150. The molecule has 1 aromatic heterocycles. The van der Waals surface area contributed by atoms with Gasteiger partial charge in [-0.2, -0.15) is 5.26 Å². The Balaban J connectivity index is 0.721. The topological polar surface area (TPSA) is 149 Å². The summed E-state index contributed by atoms with van der Waals surface area (Å²) in [7, 11) is 0. The molecule has 6 aliphatic heterocycles. The summed E-state index contributed by atoms with van der Waals surface area (Å²) in [6, 6.07) is 17.0. The second-order valence-electron chi connectivity index (χ2n) is 17.1. The van der Waals surface area contributed by atoms with Crippen molar-refractivity contribution in [2.45, 2.75) is 64.0 Å². The number of benzene rings is 2. The second kappa shape index (κ2) is 15.5. The summed E-state index contributed by atoms with van der Waals surface area (Å²) in [6.07, 6.45) is 5.81. The Morgan fingerprint density at radius 1 is 0.793 bits per heavy atom. The Morgan fingerprint density at radius 2 is 1.47 bits per heavy atom. The Hall–Kier alpha value is -5.26. The number of rotatable bonds is 7. The van der Waals surface area contributed by atoms with Gasteiger partial charge in [0.05, 0.1) is 21.7 Å². The van der Waals surface area contributed by atoms with E-state index >= 15 is 0 Å². The second-order valence-corrected chi connectivity index (χ2v) is 17.5. The summed E-state index contributed by atoms with van der Waals surface area (Å²) in [6.45, 7) is 11.7. The average Bonchev–Trinajstić information content (AvgIpc) is 3.69. The third-order valence-corrected chi connectivity index (χ3v) is 13.9. The van der Waals surface area contributed by atoms with Crippen LogP contribution in [-0.2, 0) is 9.59 Å². The number of hydrogen-bond donors (Lipinski definition) is 1. The molecule has 0 bridgehead atoms. The van der Waals surface area contributed by atoms with E-state index in [0.29, 0.717) is 33.7 Å². The van der Waals surface area contributed by atoms with E-state index in [2.05, 4.69) is 54.9 Å². The lowest BCUT2D eigenvalue weighted by Gasteiger charge is -2.40. The van der Waals surface area contributed by atoms with Gasteiger partial charge in [0, 0.05) is 89.3 Å². The third-order valence-electron chi connectivity index (χ3n) is 13.6. The zero-order valence-corrected chi connectivity index (χ0v) is 33.7. The molecule has 0 saturated carbocycles. The molecule has 2 atom stereocenters. The normalized spacial score (nSPS) is 24.1. The number of carbonyl (C=O) groups is 4. The zero-order chi connectivity index (χ0) is 40.1. The van der Waals surface area contributed by atoms with E-state index in [9.17, 15) is 24.4 Å². The number of halogens is 1. The summed E-state index contributed by atoms with van der Waals surface area (Å²) < 4.78 is 0. The first kappa shape index (κ1) is 38.3. The van der Waals surface area contributed by atoms with Gasteiger partial charge in [-0.25, -0.2) is 0 Å². The molecule has 3 aromatic rings. The quantitative estimate of drug-likeness (QED) is 0.339. The van der Waals surface area contributed by atoms with Crippen LogP contribution in [0.4, 0.5) is 23.0 Å². The first-order chi connectivity index (χ1) is 28.1. The highest BCUT2D eigenvalue weighted by Crippen LogP contribution is 2.46. The molecule has 58 heavy (non-hydrogen) atoms. The maximum Gasteiger partial charge on any atom is 0.262 e. The van der Waals surface area contributed by atoms with Gasteiger partial charge in [0.1, 0.15) is 12.1 Å². The average molecular weight is 805 g/mol. The molecule has 4 amide bonds. The van der Waals surface area contributed by atoms with Crippen molar-refractivity contribution in [3.8, 4) is 6.07 Å². The minimum Gasteiger partial charge on any atom is -0.369 e. The van der Waals surface area contributed by atoms with Gasteiger partial charge >= 0.3 is 0 Å². The molecule has 6 aliphatic rings. The molecule has 2 aromatic carbocycles. The minimum atomic E-state index is -0.963. The summed E-state index contributed by atoms with van der Waals surface area (Å²) in [5.74, 6) is 0.570. The van der Waals surface area contributed by atoms with Crippen LogP contribution in [0.25, 0.3) is 0 Å². The van der Waals surface area contributed by atoms with Gasteiger partial charge in [-0.1, -0.05) is 11.6 Å². The standard InChI is InChI=1S/C43H49ClN10O4/c1-28-24-43(27-53(28)32-3-2-30(25-45)35(44)23-32)12-16-52(17-13-43)38-8-7-37(47-48-38)51-14-10-29(11-15-51)26-49-18-20-50(21-19-49)31-4-5-33-34(22-31)42(58)54(41(33)57)36-6-9-39(55)46-40(36)56/h2-5,7-8,22-23,28-29,36H,6,9-21,24,26-27H2,1H3,(H,46,55,56)/t28-,36?/m0/s1. The number of hydrogen-bond acceptors (Lipinski definition) is 12. The maximum absolute atomic E-state index is 13.3. The van der Waals surface area contributed by atoms with Crippen molar-refractivity contribution in [1.29, 1.82) is 5.26 Å². The lowest BCUT2D eigenvalue weighted by Crippen LogP contribution is -2.54. The van der Waals surface area contributed by atoms with Gasteiger partial charge in [-0.15, -0.1) is 10.2 Å². The van der Waals surface area contributed by atoms with Crippen LogP contribution < -0.4 is 24.9 Å². The molecule has 15 heteroatoms. The highest BCUT2D eigenvalue weighted by molar-refractivity contribution is 6.32. The molecule has 302 valence electrons. The molecule has 5 saturated heterocycles. The van der Waals surface area contributed by atoms with Crippen molar-refractivity contribution in [2.24, 2.45) is 11.3 Å². The van der Waals surface area contributed by atoms with Crippen LogP contribution in [0.1, 0.15) is 78.1 Å². The third kappa shape index (κ3) is 7.23. The van der Waals surface area contributed by atoms with Gasteiger partial charge in [0.25, 0.3) is 11.8 Å². The first-order valence-electron chi connectivity index (χ1n) is 20.7. The molecule has 7 heterocycles. The van der Waals surface area contributed by atoms with Gasteiger partial charge in [-0.3, -0.25) is 34.3 Å². The molecule has 0 aliphatic carbocycles. The number of piperazine rings is 1. The molecule has 1 unspecified atom stereocenters.